The van der Waals surface area contributed by atoms with Crippen LogP contribution in [-0.2, 0) is 9.47 Å². The highest BCUT2D eigenvalue weighted by molar-refractivity contribution is 7.99. The number of benzene rings is 1. The minimum absolute atomic E-state index is 0.183. The Morgan fingerprint density at radius 1 is 1.32 bits per heavy atom. The number of methoxy groups -OCH3 is 2. The molecule has 7 nitrogen and oxygen atoms in total. The van der Waals surface area contributed by atoms with Crippen LogP contribution in [-0.4, -0.2) is 49.1 Å². The normalized spacial score (nSPS) is 24.6. The van der Waals surface area contributed by atoms with Crippen LogP contribution in [0.1, 0.15) is 6.92 Å². The Bertz CT molecular complexity index is 822. The van der Waals surface area contributed by atoms with Crippen molar-refractivity contribution in [2.45, 2.75) is 18.2 Å². The van der Waals surface area contributed by atoms with E-state index in [1.54, 1.807) is 32.2 Å². The molecule has 0 saturated carbocycles. The third-order valence-electron chi connectivity index (χ3n) is 4.37. The molecule has 2 atom stereocenters. The second-order valence-electron chi connectivity index (χ2n) is 6.19. The maximum Gasteiger partial charge on any atom is 0.231 e. The molecule has 0 spiro atoms. The first-order valence-corrected chi connectivity index (χ1v) is 8.85. The number of imidazole rings is 1. The second-order valence-corrected chi connectivity index (χ2v) is 7.15. The largest absolute Gasteiger partial charge is 0.497 e. The number of hydrogen-bond acceptors (Lipinski definition) is 7. The topological polar surface area (TPSA) is 78.0 Å². The van der Waals surface area contributed by atoms with Gasteiger partial charge in [-0.15, -0.1) is 0 Å². The van der Waals surface area contributed by atoms with Crippen LogP contribution in [0.5, 0.6) is 11.5 Å². The summed E-state index contributed by atoms with van der Waals surface area (Å²) in [6, 6.07) is 3.81. The smallest absolute Gasteiger partial charge is 0.231 e. The fraction of sp³-hybridized carbons (Fsp3) is 0.412. The number of fused-ring (bicyclic) bond motifs is 2. The fourth-order valence-electron chi connectivity index (χ4n) is 3.07. The standard InChI is InChI=1S/C17H19N3O4S/c1-17(7-18-6-14(21-2)15(17)22-3)8-25-16-19-10-4-12-13(24-9-23-12)5-11(10)20-16/h4-7,15H,8-9H2,1-3H3,(H,19,20). The summed E-state index contributed by atoms with van der Waals surface area (Å²) < 4.78 is 21.9. The SMILES string of the molecule is COC1=CN=CC(C)(CSc2nc3cc4c(cc3[nH]2)OCO4)C1OC. The summed E-state index contributed by atoms with van der Waals surface area (Å²) in [7, 11) is 3.32. The van der Waals surface area contributed by atoms with Crippen LogP contribution in [0, 0.1) is 5.41 Å². The van der Waals surface area contributed by atoms with Gasteiger partial charge in [0, 0.05) is 36.6 Å². The van der Waals surface area contributed by atoms with Gasteiger partial charge < -0.3 is 23.9 Å². The molecule has 2 unspecified atom stereocenters. The molecular formula is C17H19N3O4S. The molecule has 0 bridgehead atoms. The van der Waals surface area contributed by atoms with Crippen molar-refractivity contribution in [2.24, 2.45) is 10.4 Å². The third kappa shape index (κ3) is 2.85. The third-order valence-corrected chi connectivity index (χ3v) is 5.61. The van der Waals surface area contributed by atoms with Crippen molar-refractivity contribution in [3.8, 4) is 11.5 Å². The molecule has 0 radical (unpaired) electrons. The van der Waals surface area contributed by atoms with Crippen LogP contribution in [0.25, 0.3) is 11.0 Å². The Labute approximate surface area is 149 Å². The van der Waals surface area contributed by atoms with Gasteiger partial charge in [-0.1, -0.05) is 18.7 Å². The van der Waals surface area contributed by atoms with E-state index in [2.05, 4.69) is 21.9 Å². The van der Waals surface area contributed by atoms with Crippen LogP contribution < -0.4 is 9.47 Å². The minimum Gasteiger partial charge on any atom is -0.497 e. The van der Waals surface area contributed by atoms with Gasteiger partial charge in [-0.2, -0.15) is 0 Å². The highest BCUT2D eigenvalue weighted by atomic mass is 32.2. The lowest BCUT2D eigenvalue weighted by molar-refractivity contribution is 0.0280. The van der Waals surface area contributed by atoms with E-state index >= 15 is 0 Å². The first-order chi connectivity index (χ1) is 12.1. The summed E-state index contributed by atoms with van der Waals surface area (Å²) in [5, 5.41) is 0.830. The van der Waals surface area contributed by atoms with E-state index in [1.807, 2.05) is 18.3 Å². The molecule has 3 heterocycles. The zero-order chi connectivity index (χ0) is 17.4. The average Bonchev–Trinajstić information content (AvgIpc) is 3.22. The predicted molar refractivity (Wildman–Crippen MR) is 95.4 cm³/mol. The Balaban J connectivity index is 1.54. The summed E-state index contributed by atoms with van der Waals surface area (Å²) in [6.07, 6.45) is 3.43. The van der Waals surface area contributed by atoms with Crippen LogP contribution in [0.2, 0.25) is 0 Å². The first-order valence-electron chi connectivity index (χ1n) is 7.86. The molecule has 1 aromatic heterocycles. The number of aliphatic imine (C=N–C) groups is 1. The predicted octanol–water partition coefficient (Wildman–Crippen LogP) is 2.98. The molecule has 132 valence electrons. The van der Waals surface area contributed by atoms with Crippen LogP contribution >= 0.6 is 11.8 Å². The number of hydrogen-bond donors (Lipinski definition) is 1. The molecular weight excluding hydrogens is 342 g/mol. The summed E-state index contributed by atoms with van der Waals surface area (Å²) in [4.78, 5) is 12.3. The first kappa shape index (κ1) is 16.3. The number of nitrogens with one attached hydrogen (secondary N) is 1. The van der Waals surface area contributed by atoms with Crippen molar-refractivity contribution in [3.05, 3.63) is 24.1 Å². The van der Waals surface area contributed by atoms with Gasteiger partial charge in [-0.05, 0) is 0 Å². The Kier molecular flexibility index (Phi) is 4.09. The van der Waals surface area contributed by atoms with Crippen molar-refractivity contribution < 1.29 is 18.9 Å². The molecule has 25 heavy (non-hydrogen) atoms. The lowest BCUT2D eigenvalue weighted by atomic mass is 9.85. The zero-order valence-corrected chi connectivity index (χ0v) is 15.1. The number of ether oxygens (including phenoxy) is 4. The van der Waals surface area contributed by atoms with Gasteiger partial charge in [-0.25, -0.2) is 4.98 Å². The van der Waals surface area contributed by atoms with E-state index in [4.69, 9.17) is 18.9 Å². The number of nitrogens with zero attached hydrogens (tertiary/aromatic N) is 2. The molecule has 2 aromatic rings. The number of H-pyrrole nitrogens is 1. The molecule has 1 N–H and O–H groups in total. The highest BCUT2D eigenvalue weighted by Gasteiger charge is 2.39. The van der Waals surface area contributed by atoms with Crippen molar-refractivity contribution in [1.29, 1.82) is 0 Å². The van der Waals surface area contributed by atoms with E-state index < -0.39 is 0 Å². The monoisotopic (exact) mass is 361 g/mol. The quantitative estimate of drug-likeness (QED) is 0.825. The fourth-order valence-corrected chi connectivity index (χ4v) is 4.09. The Morgan fingerprint density at radius 3 is 2.88 bits per heavy atom. The number of aromatic amines is 1. The van der Waals surface area contributed by atoms with E-state index in [-0.39, 0.29) is 18.3 Å². The van der Waals surface area contributed by atoms with Gasteiger partial charge in [0.1, 0.15) is 11.9 Å². The lowest BCUT2D eigenvalue weighted by Gasteiger charge is -2.35. The van der Waals surface area contributed by atoms with Crippen LogP contribution in [0.15, 0.2) is 34.2 Å². The Morgan fingerprint density at radius 2 is 2.12 bits per heavy atom. The van der Waals surface area contributed by atoms with Crippen molar-refractivity contribution >= 4 is 29.0 Å². The summed E-state index contributed by atoms with van der Waals surface area (Å²) >= 11 is 1.62. The van der Waals surface area contributed by atoms with E-state index in [1.165, 1.54) is 0 Å². The molecule has 0 fully saturated rings. The molecule has 8 heteroatoms. The molecule has 2 aliphatic heterocycles. The van der Waals surface area contributed by atoms with Gasteiger partial charge in [0.25, 0.3) is 0 Å². The molecule has 0 saturated heterocycles. The summed E-state index contributed by atoms with van der Waals surface area (Å²) in [5.74, 6) is 2.94. The van der Waals surface area contributed by atoms with Crippen molar-refractivity contribution in [1.82, 2.24) is 9.97 Å². The summed E-state index contributed by atoms with van der Waals surface area (Å²) in [6.45, 7) is 2.36. The molecule has 2 aliphatic rings. The molecule has 4 rings (SSSR count). The number of thioether (sulfide) groups is 1. The van der Waals surface area contributed by atoms with Crippen LogP contribution in [0.3, 0.4) is 0 Å². The number of rotatable bonds is 5. The Hall–Kier alpha value is -2.19. The van der Waals surface area contributed by atoms with Gasteiger partial charge in [0.15, 0.2) is 16.7 Å². The van der Waals surface area contributed by atoms with Crippen molar-refractivity contribution in [2.75, 3.05) is 26.8 Å². The molecule has 0 aliphatic carbocycles. The highest BCUT2D eigenvalue weighted by Crippen LogP contribution is 2.38. The van der Waals surface area contributed by atoms with Gasteiger partial charge in [0.2, 0.25) is 6.79 Å². The van der Waals surface area contributed by atoms with Gasteiger partial charge in [-0.3, -0.25) is 4.99 Å². The molecule has 1 aromatic carbocycles. The average molecular weight is 361 g/mol. The van der Waals surface area contributed by atoms with Gasteiger partial charge in [0.05, 0.1) is 24.3 Å². The zero-order valence-electron chi connectivity index (χ0n) is 14.2. The van der Waals surface area contributed by atoms with Crippen molar-refractivity contribution in [3.63, 3.8) is 0 Å². The van der Waals surface area contributed by atoms with Crippen LogP contribution in [0.4, 0.5) is 0 Å². The minimum atomic E-state index is -0.299. The van der Waals surface area contributed by atoms with E-state index in [0.717, 1.165) is 39.2 Å². The maximum absolute atomic E-state index is 5.65. The maximum atomic E-state index is 5.65. The summed E-state index contributed by atoms with van der Waals surface area (Å²) in [5.41, 5.74) is 1.48. The molecule has 0 amide bonds. The second kappa shape index (κ2) is 6.27. The van der Waals surface area contributed by atoms with E-state index in [0.29, 0.717) is 0 Å². The number of aromatic nitrogens is 2. The lowest BCUT2D eigenvalue weighted by Crippen LogP contribution is -2.41. The van der Waals surface area contributed by atoms with E-state index in [9.17, 15) is 0 Å². The van der Waals surface area contributed by atoms with Gasteiger partial charge >= 0.3 is 0 Å².